The van der Waals surface area contributed by atoms with Gasteiger partial charge in [0.25, 0.3) is 0 Å². The van der Waals surface area contributed by atoms with Crippen LogP contribution >= 0.6 is 11.8 Å². The quantitative estimate of drug-likeness (QED) is 0.856. The van der Waals surface area contributed by atoms with Crippen LogP contribution in [0, 0.1) is 6.92 Å². The Kier molecular flexibility index (Phi) is 4.26. The number of carbonyl (C=O) groups is 2. The molecule has 0 radical (unpaired) electrons. The molecule has 0 aromatic carbocycles. The maximum Gasteiger partial charge on any atom is 0.327 e. The lowest BCUT2D eigenvalue weighted by molar-refractivity contribution is -0.141. The molecule has 2 amide bonds. The molecule has 1 fully saturated rings. The van der Waals surface area contributed by atoms with E-state index in [1.807, 2.05) is 0 Å². The van der Waals surface area contributed by atoms with E-state index >= 15 is 0 Å². The Morgan fingerprint density at radius 2 is 2.37 bits per heavy atom. The number of thioether (sulfide) groups is 1. The van der Waals surface area contributed by atoms with Crippen molar-refractivity contribution >= 4 is 29.4 Å². The second-order valence-corrected chi connectivity index (χ2v) is 5.34. The van der Waals surface area contributed by atoms with E-state index in [1.54, 1.807) is 37.0 Å². The monoisotopic (exact) mass is 281 g/mol. The minimum atomic E-state index is -0.967. The number of aromatic nitrogens is 1. The lowest BCUT2D eigenvalue weighted by Gasteiger charge is -2.32. The van der Waals surface area contributed by atoms with Crippen LogP contribution in [0.15, 0.2) is 18.3 Å². The lowest BCUT2D eigenvalue weighted by Crippen LogP contribution is -2.51. The molecule has 7 heteroatoms. The van der Waals surface area contributed by atoms with Crippen molar-refractivity contribution in [3.8, 4) is 0 Å². The van der Waals surface area contributed by atoms with Crippen LogP contribution in [0.5, 0.6) is 0 Å². The van der Waals surface area contributed by atoms with Crippen LogP contribution in [0.4, 0.5) is 10.5 Å². The van der Waals surface area contributed by atoms with E-state index in [9.17, 15) is 9.59 Å². The van der Waals surface area contributed by atoms with Crippen molar-refractivity contribution in [3.05, 3.63) is 24.0 Å². The highest BCUT2D eigenvalue weighted by Crippen LogP contribution is 2.19. The van der Waals surface area contributed by atoms with Crippen molar-refractivity contribution in [1.29, 1.82) is 0 Å². The Hall–Kier alpha value is -1.76. The van der Waals surface area contributed by atoms with Gasteiger partial charge in [0.15, 0.2) is 0 Å². The smallest absolute Gasteiger partial charge is 0.327 e. The van der Waals surface area contributed by atoms with E-state index in [-0.39, 0.29) is 6.03 Å². The summed E-state index contributed by atoms with van der Waals surface area (Å²) < 4.78 is 0. The summed E-state index contributed by atoms with van der Waals surface area (Å²) in [6.45, 7) is 2.23. The summed E-state index contributed by atoms with van der Waals surface area (Å²) in [5, 5.41) is 11.8. The zero-order valence-corrected chi connectivity index (χ0v) is 11.3. The van der Waals surface area contributed by atoms with E-state index in [1.165, 1.54) is 4.90 Å². The molecule has 19 heavy (non-hydrogen) atoms. The van der Waals surface area contributed by atoms with Crippen LogP contribution < -0.4 is 5.32 Å². The number of carboxylic acid groups (broad SMARTS) is 1. The molecule has 0 bridgehead atoms. The maximum absolute atomic E-state index is 12.1. The van der Waals surface area contributed by atoms with Gasteiger partial charge >= 0.3 is 12.0 Å². The van der Waals surface area contributed by atoms with E-state index in [0.29, 0.717) is 23.7 Å². The molecule has 1 aliphatic rings. The lowest BCUT2D eigenvalue weighted by atomic mass is 10.3. The van der Waals surface area contributed by atoms with E-state index in [4.69, 9.17) is 5.11 Å². The average molecular weight is 281 g/mol. The number of nitrogens with zero attached hydrogens (tertiary/aromatic N) is 2. The van der Waals surface area contributed by atoms with Gasteiger partial charge in [-0.2, -0.15) is 11.8 Å². The fourth-order valence-electron chi connectivity index (χ4n) is 1.85. The summed E-state index contributed by atoms with van der Waals surface area (Å²) in [7, 11) is 0. The van der Waals surface area contributed by atoms with Gasteiger partial charge in [-0.1, -0.05) is 0 Å². The number of aryl methyl sites for hydroxylation is 1. The third kappa shape index (κ3) is 3.17. The van der Waals surface area contributed by atoms with E-state index in [0.717, 1.165) is 5.75 Å². The standard InChI is InChI=1S/C12H15N3O3S/c1-8-9(3-2-4-13-8)14-12(18)15-5-6-19-7-10(15)11(16)17/h2-4,10H,5-7H2,1H3,(H,14,18)(H,16,17). The predicted octanol–water partition coefficient (Wildman–Crippen LogP) is 1.42. The van der Waals surface area contributed by atoms with Gasteiger partial charge in [0.05, 0.1) is 11.4 Å². The summed E-state index contributed by atoms with van der Waals surface area (Å²) in [4.78, 5) is 28.7. The van der Waals surface area contributed by atoms with Crippen LogP contribution in [0.1, 0.15) is 5.69 Å². The topological polar surface area (TPSA) is 82.5 Å². The molecule has 1 atom stereocenters. The van der Waals surface area contributed by atoms with Gasteiger partial charge in [0.2, 0.25) is 0 Å². The number of carboxylic acids is 1. The molecule has 1 unspecified atom stereocenters. The Labute approximate surface area is 115 Å². The summed E-state index contributed by atoms with van der Waals surface area (Å²) >= 11 is 1.55. The first-order valence-corrected chi connectivity index (χ1v) is 7.05. The van der Waals surface area contributed by atoms with Crippen LogP contribution in [-0.4, -0.2) is 51.1 Å². The Bertz CT molecular complexity index is 495. The molecule has 2 rings (SSSR count). The molecule has 2 heterocycles. The molecule has 0 saturated carbocycles. The Morgan fingerprint density at radius 1 is 1.58 bits per heavy atom. The minimum Gasteiger partial charge on any atom is -0.480 e. The number of hydrogen-bond donors (Lipinski definition) is 2. The van der Waals surface area contributed by atoms with E-state index < -0.39 is 12.0 Å². The van der Waals surface area contributed by atoms with Crippen molar-refractivity contribution in [3.63, 3.8) is 0 Å². The second-order valence-electron chi connectivity index (χ2n) is 4.19. The van der Waals surface area contributed by atoms with Crippen molar-refractivity contribution in [1.82, 2.24) is 9.88 Å². The number of nitrogens with one attached hydrogen (secondary N) is 1. The number of carbonyl (C=O) groups excluding carboxylic acids is 1. The number of anilines is 1. The fourth-order valence-corrected chi connectivity index (χ4v) is 2.89. The van der Waals surface area contributed by atoms with Gasteiger partial charge in [-0.15, -0.1) is 0 Å². The van der Waals surface area contributed by atoms with E-state index in [2.05, 4.69) is 10.3 Å². The molecule has 0 aliphatic carbocycles. The Morgan fingerprint density at radius 3 is 3.05 bits per heavy atom. The number of amides is 2. The van der Waals surface area contributed by atoms with Crippen molar-refractivity contribution in [2.45, 2.75) is 13.0 Å². The highest BCUT2D eigenvalue weighted by atomic mass is 32.2. The predicted molar refractivity (Wildman–Crippen MR) is 73.4 cm³/mol. The first-order chi connectivity index (χ1) is 9.09. The largest absolute Gasteiger partial charge is 0.480 e. The zero-order valence-electron chi connectivity index (χ0n) is 10.5. The summed E-state index contributed by atoms with van der Waals surface area (Å²) in [6, 6.07) is 2.32. The van der Waals surface area contributed by atoms with Crippen LogP contribution in [0.2, 0.25) is 0 Å². The van der Waals surface area contributed by atoms with Gasteiger partial charge in [-0.3, -0.25) is 4.98 Å². The van der Waals surface area contributed by atoms with Crippen molar-refractivity contribution < 1.29 is 14.7 Å². The first-order valence-electron chi connectivity index (χ1n) is 5.89. The van der Waals surface area contributed by atoms with Gasteiger partial charge in [-0.25, -0.2) is 9.59 Å². The molecule has 1 saturated heterocycles. The van der Waals surface area contributed by atoms with Crippen molar-refractivity contribution in [2.75, 3.05) is 23.4 Å². The number of pyridine rings is 1. The van der Waals surface area contributed by atoms with Gasteiger partial charge in [0.1, 0.15) is 6.04 Å². The normalized spacial score (nSPS) is 19.0. The van der Waals surface area contributed by atoms with Gasteiger partial charge < -0.3 is 15.3 Å². The highest BCUT2D eigenvalue weighted by Gasteiger charge is 2.32. The third-order valence-corrected chi connectivity index (χ3v) is 3.95. The molecule has 0 spiro atoms. The molecule has 102 valence electrons. The molecule has 6 nitrogen and oxygen atoms in total. The van der Waals surface area contributed by atoms with Gasteiger partial charge in [-0.05, 0) is 19.1 Å². The fraction of sp³-hybridized carbons (Fsp3) is 0.417. The number of urea groups is 1. The summed E-state index contributed by atoms with van der Waals surface area (Å²) in [6.07, 6.45) is 1.64. The average Bonchev–Trinajstić information content (AvgIpc) is 2.41. The number of rotatable bonds is 2. The van der Waals surface area contributed by atoms with Crippen LogP contribution in [0.3, 0.4) is 0 Å². The minimum absolute atomic E-state index is 0.385. The summed E-state index contributed by atoms with van der Waals surface area (Å²) in [5.74, 6) is 0.211. The van der Waals surface area contributed by atoms with Crippen LogP contribution in [-0.2, 0) is 4.79 Å². The van der Waals surface area contributed by atoms with Gasteiger partial charge in [0, 0.05) is 24.2 Å². The number of aliphatic carboxylic acids is 1. The van der Waals surface area contributed by atoms with Crippen LogP contribution in [0.25, 0.3) is 0 Å². The molecule has 1 aromatic heterocycles. The molecule has 1 aromatic rings. The first kappa shape index (κ1) is 13.7. The molecular formula is C12H15N3O3S. The van der Waals surface area contributed by atoms with Crippen molar-refractivity contribution in [2.24, 2.45) is 0 Å². The highest BCUT2D eigenvalue weighted by molar-refractivity contribution is 7.99. The zero-order chi connectivity index (χ0) is 13.8. The second kappa shape index (κ2) is 5.92. The SMILES string of the molecule is Cc1ncccc1NC(=O)N1CCSCC1C(=O)O. The molecule has 1 aliphatic heterocycles. The number of hydrogen-bond acceptors (Lipinski definition) is 4. The molecular weight excluding hydrogens is 266 g/mol. The molecule has 2 N–H and O–H groups in total. The summed E-state index contributed by atoms with van der Waals surface area (Å²) in [5.41, 5.74) is 1.31. The Balaban J connectivity index is 2.10. The maximum atomic E-state index is 12.1. The third-order valence-electron chi connectivity index (χ3n) is 2.92.